The number of nitrogens with zero attached hydrogens (tertiary/aromatic N) is 2. The van der Waals surface area contributed by atoms with Crippen LogP contribution in [0.3, 0.4) is 0 Å². The molecule has 0 amide bonds. The Morgan fingerprint density at radius 1 is 1.33 bits per heavy atom. The van der Waals surface area contributed by atoms with Gasteiger partial charge in [0.15, 0.2) is 0 Å². The molecule has 4 nitrogen and oxygen atoms in total. The maximum absolute atomic E-state index is 11.0. The van der Waals surface area contributed by atoms with Gasteiger partial charge < -0.3 is 5.11 Å². The largest absolute Gasteiger partial charge is 0.477 e. The Bertz CT molecular complexity index is 845. The van der Waals surface area contributed by atoms with E-state index in [1.165, 1.54) is 6.07 Å². The van der Waals surface area contributed by atoms with Crippen molar-refractivity contribution in [3.8, 4) is 0 Å². The molecule has 2 heterocycles. The second-order valence-electron chi connectivity index (χ2n) is 4.64. The molecule has 2 aromatic heterocycles. The van der Waals surface area contributed by atoms with Crippen molar-refractivity contribution in [1.82, 2.24) is 9.97 Å². The maximum Gasteiger partial charge on any atom is 0.354 e. The summed E-state index contributed by atoms with van der Waals surface area (Å²) in [6, 6.07) is 9.10. The summed E-state index contributed by atoms with van der Waals surface area (Å²) in [4.78, 5) is 19.7. The van der Waals surface area contributed by atoms with Gasteiger partial charge in [0, 0.05) is 16.6 Å². The highest BCUT2D eigenvalue weighted by atomic mass is 79.9. The monoisotopic (exact) mass is 362 g/mol. The number of carbonyl (C=O) groups is 1. The Kier molecular flexibility index (Phi) is 3.73. The van der Waals surface area contributed by atoms with Gasteiger partial charge in [-0.3, -0.25) is 0 Å². The third-order valence-electron chi connectivity index (χ3n) is 3.04. The van der Waals surface area contributed by atoms with E-state index in [0.717, 1.165) is 31.0 Å². The van der Waals surface area contributed by atoms with E-state index in [4.69, 9.17) is 5.11 Å². The number of fused-ring (bicyclic) bond motifs is 1. The lowest BCUT2D eigenvalue weighted by atomic mass is 10.1. The molecule has 0 bridgehead atoms. The van der Waals surface area contributed by atoms with E-state index in [2.05, 4.69) is 25.9 Å². The van der Waals surface area contributed by atoms with Crippen LogP contribution in [0, 0.1) is 6.92 Å². The minimum atomic E-state index is -1.01. The number of carboxylic acids is 1. The first kappa shape index (κ1) is 14.2. The molecule has 6 heteroatoms. The Morgan fingerprint density at radius 2 is 2.14 bits per heavy atom. The molecule has 1 aromatic carbocycles. The molecule has 3 aromatic rings. The van der Waals surface area contributed by atoms with E-state index in [1.807, 2.05) is 25.1 Å². The van der Waals surface area contributed by atoms with Gasteiger partial charge in [-0.05, 0) is 36.8 Å². The number of pyridine rings is 1. The van der Waals surface area contributed by atoms with E-state index in [-0.39, 0.29) is 5.69 Å². The fourth-order valence-corrected chi connectivity index (χ4v) is 3.77. The molecule has 0 saturated heterocycles. The van der Waals surface area contributed by atoms with Crippen molar-refractivity contribution < 1.29 is 9.90 Å². The number of aromatic nitrogens is 2. The SMILES string of the molecule is Cc1nc2c(Cc3cccc(C(=O)O)n3)cc(Br)cc2s1. The highest BCUT2D eigenvalue weighted by molar-refractivity contribution is 9.10. The van der Waals surface area contributed by atoms with Crippen LogP contribution in [0.25, 0.3) is 10.2 Å². The standard InChI is InChI=1S/C15H11BrN2O2S/c1-8-17-14-9(5-10(16)7-13(14)21-8)6-11-3-2-4-12(18-11)15(19)20/h2-5,7H,6H2,1H3,(H,19,20). The van der Waals surface area contributed by atoms with Crippen LogP contribution in [0.1, 0.15) is 26.8 Å². The Morgan fingerprint density at radius 3 is 2.90 bits per heavy atom. The molecule has 0 atom stereocenters. The summed E-state index contributed by atoms with van der Waals surface area (Å²) in [6.07, 6.45) is 0.556. The van der Waals surface area contributed by atoms with E-state index < -0.39 is 5.97 Å². The van der Waals surface area contributed by atoms with Crippen molar-refractivity contribution in [2.45, 2.75) is 13.3 Å². The van der Waals surface area contributed by atoms with Crippen LogP contribution in [0.15, 0.2) is 34.8 Å². The first-order valence-corrected chi connectivity index (χ1v) is 7.88. The average molecular weight is 363 g/mol. The van der Waals surface area contributed by atoms with Gasteiger partial charge in [-0.1, -0.05) is 22.0 Å². The molecular weight excluding hydrogens is 352 g/mol. The van der Waals surface area contributed by atoms with Crippen LogP contribution >= 0.6 is 27.3 Å². The van der Waals surface area contributed by atoms with Gasteiger partial charge in [0.1, 0.15) is 5.69 Å². The summed E-state index contributed by atoms with van der Waals surface area (Å²) in [5.41, 5.74) is 2.79. The average Bonchev–Trinajstić information content (AvgIpc) is 2.79. The molecule has 106 valence electrons. The van der Waals surface area contributed by atoms with E-state index in [9.17, 15) is 4.79 Å². The number of hydrogen-bond donors (Lipinski definition) is 1. The smallest absolute Gasteiger partial charge is 0.354 e. The third kappa shape index (κ3) is 2.96. The molecule has 0 aliphatic carbocycles. The molecule has 1 N–H and O–H groups in total. The van der Waals surface area contributed by atoms with Crippen LogP contribution < -0.4 is 0 Å². The Hall–Kier alpha value is -1.79. The van der Waals surface area contributed by atoms with Crippen LogP contribution in [0.2, 0.25) is 0 Å². The maximum atomic E-state index is 11.0. The van der Waals surface area contributed by atoms with Gasteiger partial charge in [-0.2, -0.15) is 0 Å². The topological polar surface area (TPSA) is 63.1 Å². The van der Waals surface area contributed by atoms with Crippen molar-refractivity contribution in [3.63, 3.8) is 0 Å². The molecule has 0 unspecified atom stereocenters. The van der Waals surface area contributed by atoms with Crippen LogP contribution in [-0.4, -0.2) is 21.0 Å². The van der Waals surface area contributed by atoms with Crippen molar-refractivity contribution in [3.05, 3.63) is 56.8 Å². The van der Waals surface area contributed by atoms with Gasteiger partial charge >= 0.3 is 5.97 Å². The number of rotatable bonds is 3. The van der Waals surface area contributed by atoms with Crippen molar-refractivity contribution in [2.75, 3.05) is 0 Å². The van der Waals surface area contributed by atoms with E-state index >= 15 is 0 Å². The zero-order valence-electron chi connectivity index (χ0n) is 11.1. The van der Waals surface area contributed by atoms with Crippen molar-refractivity contribution in [1.29, 1.82) is 0 Å². The quantitative estimate of drug-likeness (QED) is 0.763. The minimum Gasteiger partial charge on any atom is -0.477 e. The van der Waals surface area contributed by atoms with Crippen molar-refractivity contribution >= 4 is 43.5 Å². The number of hydrogen-bond acceptors (Lipinski definition) is 4. The van der Waals surface area contributed by atoms with Crippen molar-refractivity contribution in [2.24, 2.45) is 0 Å². The predicted molar refractivity (Wildman–Crippen MR) is 86.1 cm³/mol. The van der Waals surface area contributed by atoms with E-state index in [0.29, 0.717) is 6.42 Å². The molecule has 0 radical (unpaired) electrons. The van der Waals surface area contributed by atoms with Gasteiger partial charge in [-0.15, -0.1) is 11.3 Å². The van der Waals surface area contributed by atoms with Crippen LogP contribution in [0.5, 0.6) is 0 Å². The Labute approximate surface area is 133 Å². The van der Waals surface area contributed by atoms with Crippen LogP contribution in [0.4, 0.5) is 0 Å². The molecule has 0 aliphatic rings. The lowest BCUT2D eigenvalue weighted by Crippen LogP contribution is -2.03. The highest BCUT2D eigenvalue weighted by Gasteiger charge is 2.11. The zero-order valence-corrected chi connectivity index (χ0v) is 13.5. The summed E-state index contributed by atoms with van der Waals surface area (Å²) < 4.78 is 2.11. The second kappa shape index (κ2) is 5.54. The lowest BCUT2D eigenvalue weighted by Gasteiger charge is -2.04. The van der Waals surface area contributed by atoms with Gasteiger partial charge in [0.2, 0.25) is 0 Å². The molecule has 0 aliphatic heterocycles. The highest BCUT2D eigenvalue weighted by Crippen LogP contribution is 2.29. The second-order valence-corrected chi connectivity index (χ2v) is 6.79. The summed E-state index contributed by atoms with van der Waals surface area (Å²) >= 11 is 5.15. The molecule has 3 rings (SSSR count). The number of halogens is 1. The van der Waals surface area contributed by atoms with E-state index in [1.54, 1.807) is 17.4 Å². The molecule has 0 spiro atoms. The fraction of sp³-hybridized carbons (Fsp3) is 0.133. The summed E-state index contributed by atoms with van der Waals surface area (Å²) in [6.45, 7) is 1.98. The zero-order chi connectivity index (χ0) is 15.0. The van der Waals surface area contributed by atoms with Gasteiger partial charge in [-0.25, -0.2) is 14.8 Å². The molecule has 21 heavy (non-hydrogen) atoms. The fourth-order valence-electron chi connectivity index (χ4n) is 2.20. The summed E-state index contributed by atoms with van der Waals surface area (Å²) in [5.74, 6) is -1.01. The predicted octanol–water partition coefficient (Wildman–Crippen LogP) is 4.05. The summed E-state index contributed by atoms with van der Waals surface area (Å²) in [7, 11) is 0. The molecule has 0 saturated carbocycles. The number of aryl methyl sites for hydroxylation is 1. The number of thiazole rings is 1. The van der Waals surface area contributed by atoms with Gasteiger partial charge in [0.05, 0.1) is 15.2 Å². The summed E-state index contributed by atoms with van der Waals surface area (Å²) in [5, 5.41) is 10.0. The Balaban J connectivity index is 2.05. The molecule has 0 fully saturated rings. The van der Waals surface area contributed by atoms with Gasteiger partial charge in [0.25, 0.3) is 0 Å². The van der Waals surface area contributed by atoms with Crippen LogP contribution in [-0.2, 0) is 6.42 Å². The lowest BCUT2D eigenvalue weighted by molar-refractivity contribution is 0.0690. The number of benzene rings is 1. The first-order valence-electron chi connectivity index (χ1n) is 6.28. The first-order chi connectivity index (χ1) is 10.0. The number of aromatic carboxylic acids is 1. The molecular formula is C15H11BrN2O2S. The normalized spacial score (nSPS) is 11.0. The third-order valence-corrected chi connectivity index (χ3v) is 4.42. The number of carboxylic acid groups (broad SMARTS) is 1. The minimum absolute atomic E-state index is 0.0631.